The molecular formula is C14H21N5. The fourth-order valence-corrected chi connectivity index (χ4v) is 2.90. The van der Waals surface area contributed by atoms with Gasteiger partial charge in [0.1, 0.15) is 0 Å². The van der Waals surface area contributed by atoms with Crippen LogP contribution in [0.5, 0.6) is 0 Å². The summed E-state index contributed by atoms with van der Waals surface area (Å²) in [5, 5.41) is 3.30. The average Bonchev–Trinajstić information content (AvgIpc) is 2.83. The van der Waals surface area contributed by atoms with Crippen molar-refractivity contribution in [2.45, 2.75) is 31.8 Å². The third-order valence-corrected chi connectivity index (χ3v) is 3.84. The SMILES string of the molecule is CNCC1CCCCN1Cc1cn2cccnc2n1. The number of hydrogen-bond donors (Lipinski definition) is 1. The molecule has 0 spiro atoms. The van der Waals surface area contributed by atoms with E-state index in [2.05, 4.69) is 26.4 Å². The number of fused-ring (bicyclic) bond motifs is 1. The van der Waals surface area contributed by atoms with E-state index in [0.717, 1.165) is 24.6 Å². The van der Waals surface area contributed by atoms with Gasteiger partial charge in [-0.2, -0.15) is 0 Å². The van der Waals surface area contributed by atoms with E-state index in [1.807, 2.05) is 23.7 Å². The minimum atomic E-state index is 0.636. The van der Waals surface area contributed by atoms with Crippen molar-refractivity contribution in [2.24, 2.45) is 0 Å². The topological polar surface area (TPSA) is 45.5 Å². The zero-order valence-electron chi connectivity index (χ0n) is 11.4. The van der Waals surface area contributed by atoms with E-state index in [0.29, 0.717) is 6.04 Å². The lowest BCUT2D eigenvalue weighted by Gasteiger charge is -2.35. The van der Waals surface area contributed by atoms with Crippen LogP contribution in [0.15, 0.2) is 24.7 Å². The molecular weight excluding hydrogens is 238 g/mol. The van der Waals surface area contributed by atoms with Gasteiger partial charge in [0.2, 0.25) is 5.78 Å². The molecule has 1 N–H and O–H groups in total. The Balaban J connectivity index is 1.75. The standard InChI is InChI=1S/C14H21N5/c1-15-9-13-5-2-3-7-18(13)10-12-11-19-8-4-6-16-14(19)17-12/h4,6,8,11,13,15H,2-3,5,7,9-10H2,1H3. The van der Waals surface area contributed by atoms with Gasteiger partial charge in [0, 0.05) is 37.7 Å². The van der Waals surface area contributed by atoms with Crippen LogP contribution in [0.3, 0.4) is 0 Å². The van der Waals surface area contributed by atoms with Crippen molar-refractivity contribution in [3.8, 4) is 0 Å². The molecule has 5 heteroatoms. The Labute approximate surface area is 113 Å². The Morgan fingerprint density at radius 3 is 3.21 bits per heavy atom. The number of likely N-dealkylation sites (N-methyl/N-ethyl adjacent to an activating group) is 1. The van der Waals surface area contributed by atoms with Crippen LogP contribution in [0.4, 0.5) is 0 Å². The van der Waals surface area contributed by atoms with Crippen LogP contribution in [-0.2, 0) is 6.54 Å². The quantitative estimate of drug-likeness (QED) is 0.899. The first-order chi connectivity index (χ1) is 9.36. The lowest BCUT2D eigenvalue weighted by Crippen LogP contribution is -2.44. The third kappa shape index (κ3) is 2.77. The van der Waals surface area contributed by atoms with Crippen molar-refractivity contribution in [3.63, 3.8) is 0 Å². The highest BCUT2D eigenvalue weighted by Gasteiger charge is 2.22. The highest BCUT2D eigenvalue weighted by Crippen LogP contribution is 2.19. The zero-order valence-corrected chi connectivity index (χ0v) is 11.4. The van der Waals surface area contributed by atoms with Crippen molar-refractivity contribution in [1.29, 1.82) is 0 Å². The number of imidazole rings is 1. The second-order valence-electron chi connectivity index (χ2n) is 5.24. The molecule has 19 heavy (non-hydrogen) atoms. The molecule has 0 radical (unpaired) electrons. The van der Waals surface area contributed by atoms with Gasteiger partial charge < -0.3 is 5.32 Å². The zero-order chi connectivity index (χ0) is 13.1. The van der Waals surface area contributed by atoms with Gasteiger partial charge in [-0.05, 0) is 32.5 Å². The molecule has 0 bridgehead atoms. The normalized spacial score (nSPS) is 21.0. The second-order valence-corrected chi connectivity index (χ2v) is 5.24. The molecule has 1 unspecified atom stereocenters. The van der Waals surface area contributed by atoms with E-state index in [9.17, 15) is 0 Å². The monoisotopic (exact) mass is 259 g/mol. The van der Waals surface area contributed by atoms with Gasteiger partial charge in [0.15, 0.2) is 0 Å². The first-order valence-electron chi connectivity index (χ1n) is 7.04. The first-order valence-corrected chi connectivity index (χ1v) is 7.04. The smallest absolute Gasteiger partial charge is 0.233 e. The van der Waals surface area contributed by atoms with E-state index in [1.54, 1.807) is 6.20 Å². The molecule has 0 saturated carbocycles. The molecule has 1 atom stereocenters. The van der Waals surface area contributed by atoms with Crippen molar-refractivity contribution in [2.75, 3.05) is 20.1 Å². The van der Waals surface area contributed by atoms with E-state index in [1.165, 1.54) is 25.8 Å². The number of likely N-dealkylation sites (tertiary alicyclic amines) is 1. The maximum atomic E-state index is 4.59. The Kier molecular flexibility index (Phi) is 3.75. The number of rotatable bonds is 4. The fourth-order valence-electron chi connectivity index (χ4n) is 2.90. The summed E-state index contributed by atoms with van der Waals surface area (Å²) < 4.78 is 1.99. The van der Waals surface area contributed by atoms with Crippen molar-refractivity contribution in [3.05, 3.63) is 30.4 Å². The summed E-state index contributed by atoms with van der Waals surface area (Å²) in [4.78, 5) is 11.4. The van der Waals surface area contributed by atoms with Crippen LogP contribution >= 0.6 is 0 Å². The van der Waals surface area contributed by atoms with E-state index in [-0.39, 0.29) is 0 Å². The summed E-state index contributed by atoms with van der Waals surface area (Å²) in [5.74, 6) is 0.791. The largest absolute Gasteiger partial charge is 0.318 e. The van der Waals surface area contributed by atoms with Gasteiger partial charge in [-0.3, -0.25) is 9.30 Å². The Morgan fingerprint density at radius 2 is 2.37 bits per heavy atom. The molecule has 102 valence electrons. The van der Waals surface area contributed by atoms with Crippen molar-refractivity contribution < 1.29 is 0 Å². The van der Waals surface area contributed by atoms with Crippen LogP contribution in [0.1, 0.15) is 25.0 Å². The maximum Gasteiger partial charge on any atom is 0.233 e. The van der Waals surface area contributed by atoms with Crippen LogP contribution in [0, 0.1) is 0 Å². The predicted molar refractivity (Wildman–Crippen MR) is 75.0 cm³/mol. The van der Waals surface area contributed by atoms with E-state index < -0.39 is 0 Å². The van der Waals surface area contributed by atoms with Crippen LogP contribution in [0.25, 0.3) is 5.78 Å². The molecule has 3 heterocycles. The fraction of sp³-hybridized carbons (Fsp3) is 0.571. The van der Waals surface area contributed by atoms with E-state index >= 15 is 0 Å². The summed E-state index contributed by atoms with van der Waals surface area (Å²) in [5.41, 5.74) is 1.11. The number of nitrogens with zero attached hydrogens (tertiary/aromatic N) is 4. The Hall–Kier alpha value is -1.46. The van der Waals surface area contributed by atoms with Gasteiger partial charge in [-0.25, -0.2) is 9.97 Å². The average molecular weight is 259 g/mol. The summed E-state index contributed by atoms with van der Waals surface area (Å²) in [6.45, 7) is 3.16. The lowest BCUT2D eigenvalue weighted by atomic mass is 10.0. The first kappa shape index (κ1) is 12.6. The molecule has 2 aromatic heterocycles. The second kappa shape index (κ2) is 5.67. The third-order valence-electron chi connectivity index (χ3n) is 3.84. The molecule has 1 aliphatic heterocycles. The van der Waals surface area contributed by atoms with Gasteiger partial charge in [-0.1, -0.05) is 6.42 Å². The number of piperidine rings is 1. The van der Waals surface area contributed by atoms with Gasteiger partial charge in [0.25, 0.3) is 0 Å². The van der Waals surface area contributed by atoms with Crippen LogP contribution in [-0.4, -0.2) is 45.4 Å². The van der Waals surface area contributed by atoms with E-state index in [4.69, 9.17) is 0 Å². The highest BCUT2D eigenvalue weighted by atomic mass is 15.2. The van der Waals surface area contributed by atoms with Crippen LogP contribution in [0.2, 0.25) is 0 Å². The molecule has 3 rings (SSSR count). The summed E-state index contributed by atoms with van der Waals surface area (Å²) in [7, 11) is 2.03. The van der Waals surface area contributed by atoms with Crippen molar-refractivity contribution in [1.82, 2.24) is 24.6 Å². The number of aromatic nitrogens is 3. The summed E-state index contributed by atoms with van der Waals surface area (Å²) in [6, 6.07) is 2.57. The maximum absolute atomic E-state index is 4.59. The number of nitrogens with one attached hydrogen (secondary N) is 1. The van der Waals surface area contributed by atoms with Gasteiger partial charge in [0.05, 0.1) is 5.69 Å². The predicted octanol–water partition coefficient (Wildman–Crippen LogP) is 1.30. The van der Waals surface area contributed by atoms with Gasteiger partial charge >= 0.3 is 0 Å². The molecule has 5 nitrogen and oxygen atoms in total. The molecule has 0 amide bonds. The highest BCUT2D eigenvalue weighted by molar-refractivity contribution is 5.29. The van der Waals surface area contributed by atoms with Crippen molar-refractivity contribution >= 4 is 5.78 Å². The lowest BCUT2D eigenvalue weighted by molar-refractivity contribution is 0.138. The molecule has 1 saturated heterocycles. The molecule has 1 fully saturated rings. The Bertz CT molecular complexity index is 500. The van der Waals surface area contributed by atoms with Gasteiger partial charge in [-0.15, -0.1) is 0 Å². The minimum Gasteiger partial charge on any atom is -0.318 e. The summed E-state index contributed by atoms with van der Waals surface area (Å²) in [6.07, 6.45) is 9.80. The Morgan fingerprint density at radius 1 is 1.42 bits per heavy atom. The molecule has 0 aromatic carbocycles. The minimum absolute atomic E-state index is 0.636. The molecule has 2 aromatic rings. The molecule has 1 aliphatic rings. The van der Waals surface area contributed by atoms with Crippen LogP contribution < -0.4 is 5.32 Å². The number of hydrogen-bond acceptors (Lipinski definition) is 4. The molecule has 0 aliphatic carbocycles. The summed E-state index contributed by atoms with van der Waals surface area (Å²) >= 11 is 0.